The summed E-state index contributed by atoms with van der Waals surface area (Å²) in [4.78, 5) is 20.2. The number of carbonyl (C=O) groups is 2. The minimum atomic E-state index is -0.748. The Labute approximate surface area is 58.2 Å². The molecule has 2 amide bonds. The maximum atomic E-state index is 10.4. The van der Waals surface area contributed by atoms with Gasteiger partial charge in [-0.2, -0.15) is 0 Å². The van der Waals surface area contributed by atoms with Gasteiger partial charge in [-0.25, -0.2) is 0 Å². The van der Waals surface area contributed by atoms with Crippen molar-refractivity contribution >= 4 is 12.3 Å². The second kappa shape index (κ2) is 4.75. The number of nitrogens with one attached hydrogen (secondary N) is 1. The molecule has 0 saturated carbocycles. The molecule has 0 aliphatic rings. The molecule has 0 bridgehead atoms. The normalized spacial score (nSPS) is 12.1. The van der Waals surface area contributed by atoms with Gasteiger partial charge in [0.05, 0.1) is 0 Å². The molecule has 0 rings (SSSR count). The molecule has 0 aliphatic carbocycles. The fraction of sp³-hybridized carbons (Fsp3) is 0.600. The van der Waals surface area contributed by atoms with Crippen LogP contribution in [-0.2, 0) is 9.59 Å². The van der Waals surface area contributed by atoms with Gasteiger partial charge in [-0.1, -0.05) is 0 Å². The molecule has 58 valence electrons. The summed E-state index contributed by atoms with van der Waals surface area (Å²) < 4.78 is 0. The number of hydrogen-bond donors (Lipinski definition) is 3. The van der Waals surface area contributed by atoms with Crippen molar-refractivity contribution in [3.05, 3.63) is 0 Å². The van der Waals surface area contributed by atoms with Crippen LogP contribution in [0.1, 0.15) is 6.42 Å². The fourth-order valence-corrected chi connectivity index (χ4v) is 0.519. The fourth-order valence-electron chi connectivity index (χ4n) is 0.519. The number of aliphatic hydroxyl groups excluding tert-OH is 1. The van der Waals surface area contributed by atoms with Crippen molar-refractivity contribution in [1.29, 1.82) is 0 Å². The molecular formula is C5H10N2O3. The largest absolute Gasteiger partial charge is 0.396 e. The molecule has 0 heterocycles. The van der Waals surface area contributed by atoms with Gasteiger partial charge in [0, 0.05) is 6.61 Å². The highest BCUT2D eigenvalue weighted by Crippen LogP contribution is 1.86. The van der Waals surface area contributed by atoms with Crippen LogP contribution in [0, 0.1) is 0 Å². The molecule has 5 heteroatoms. The molecule has 10 heavy (non-hydrogen) atoms. The van der Waals surface area contributed by atoms with Crippen molar-refractivity contribution in [2.75, 3.05) is 6.61 Å². The van der Waals surface area contributed by atoms with E-state index < -0.39 is 11.9 Å². The third-order valence-electron chi connectivity index (χ3n) is 1.03. The van der Waals surface area contributed by atoms with E-state index >= 15 is 0 Å². The summed E-state index contributed by atoms with van der Waals surface area (Å²) in [6, 6.07) is -0.748. The van der Waals surface area contributed by atoms with Crippen LogP contribution in [0.4, 0.5) is 0 Å². The van der Waals surface area contributed by atoms with Gasteiger partial charge in [-0.3, -0.25) is 9.59 Å². The van der Waals surface area contributed by atoms with Gasteiger partial charge in [0.2, 0.25) is 12.3 Å². The minimum absolute atomic E-state index is 0.161. The standard InChI is InChI=1S/C5H10N2O3/c6-5(10)4(1-2-8)7-3-9/h3-4,8H,1-2H2,(H2,6,10)(H,7,9)/t4-/m0/s1. The van der Waals surface area contributed by atoms with E-state index in [0.717, 1.165) is 0 Å². The molecule has 0 aromatic carbocycles. The molecule has 0 saturated heterocycles. The zero-order valence-electron chi connectivity index (χ0n) is 5.41. The average Bonchev–Trinajstić information content (AvgIpc) is 1.87. The van der Waals surface area contributed by atoms with Crippen molar-refractivity contribution in [3.63, 3.8) is 0 Å². The second-order valence-electron chi connectivity index (χ2n) is 1.75. The van der Waals surface area contributed by atoms with E-state index in [2.05, 4.69) is 5.32 Å². The molecule has 0 aromatic rings. The molecule has 0 aliphatic heterocycles. The molecule has 0 radical (unpaired) electrons. The van der Waals surface area contributed by atoms with Crippen LogP contribution in [0.15, 0.2) is 0 Å². The molecule has 0 unspecified atom stereocenters. The van der Waals surface area contributed by atoms with E-state index in [4.69, 9.17) is 10.8 Å². The number of amides is 2. The number of primary amides is 1. The molecule has 5 nitrogen and oxygen atoms in total. The van der Waals surface area contributed by atoms with Crippen LogP contribution in [0.25, 0.3) is 0 Å². The second-order valence-corrected chi connectivity index (χ2v) is 1.75. The van der Waals surface area contributed by atoms with Crippen molar-refractivity contribution in [1.82, 2.24) is 5.32 Å². The number of aliphatic hydroxyl groups is 1. The van der Waals surface area contributed by atoms with Crippen molar-refractivity contribution in [2.45, 2.75) is 12.5 Å². The van der Waals surface area contributed by atoms with Crippen molar-refractivity contribution in [3.8, 4) is 0 Å². The Morgan fingerprint density at radius 1 is 1.80 bits per heavy atom. The predicted molar refractivity (Wildman–Crippen MR) is 33.9 cm³/mol. The lowest BCUT2D eigenvalue weighted by atomic mass is 10.2. The van der Waals surface area contributed by atoms with E-state index in [1.165, 1.54) is 0 Å². The SMILES string of the molecule is NC(=O)[C@H](CCO)NC=O. The van der Waals surface area contributed by atoms with Crippen LogP contribution in [0.3, 0.4) is 0 Å². The van der Waals surface area contributed by atoms with Gasteiger partial charge in [-0.05, 0) is 6.42 Å². The van der Waals surface area contributed by atoms with Gasteiger partial charge < -0.3 is 16.2 Å². The monoisotopic (exact) mass is 146 g/mol. The molecule has 0 aromatic heterocycles. The number of hydrogen-bond acceptors (Lipinski definition) is 3. The highest BCUT2D eigenvalue weighted by atomic mass is 16.3. The summed E-state index contributed by atoms with van der Waals surface area (Å²) >= 11 is 0. The Morgan fingerprint density at radius 2 is 2.40 bits per heavy atom. The maximum absolute atomic E-state index is 10.4. The topological polar surface area (TPSA) is 92.4 Å². The number of rotatable bonds is 5. The average molecular weight is 146 g/mol. The first-order valence-electron chi connectivity index (χ1n) is 2.82. The molecule has 0 fully saturated rings. The minimum Gasteiger partial charge on any atom is -0.396 e. The van der Waals surface area contributed by atoms with Gasteiger partial charge in [0.15, 0.2) is 0 Å². The Bertz CT molecular complexity index is 126. The maximum Gasteiger partial charge on any atom is 0.240 e. The Balaban J connectivity index is 3.71. The van der Waals surface area contributed by atoms with Crippen LogP contribution in [-0.4, -0.2) is 30.1 Å². The smallest absolute Gasteiger partial charge is 0.240 e. The summed E-state index contributed by atoms with van der Waals surface area (Å²) in [6.07, 6.45) is 0.541. The highest BCUT2D eigenvalue weighted by Gasteiger charge is 2.11. The third-order valence-corrected chi connectivity index (χ3v) is 1.03. The predicted octanol–water partition coefficient (Wildman–Crippen LogP) is -2.03. The summed E-state index contributed by atoms with van der Waals surface area (Å²) in [5.41, 5.74) is 4.84. The van der Waals surface area contributed by atoms with Gasteiger partial charge >= 0.3 is 0 Å². The van der Waals surface area contributed by atoms with Gasteiger partial charge in [-0.15, -0.1) is 0 Å². The van der Waals surface area contributed by atoms with E-state index in [1.54, 1.807) is 0 Å². The first kappa shape index (κ1) is 8.90. The van der Waals surface area contributed by atoms with Crippen molar-refractivity contribution in [2.24, 2.45) is 5.73 Å². The molecule has 4 N–H and O–H groups in total. The van der Waals surface area contributed by atoms with Crippen LogP contribution >= 0.6 is 0 Å². The number of nitrogens with two attached hydrogens (primary N) is 1. The summed E-state index contributed by atoms with van der Waals surface area (Å²) in [5, 5.41) is 10.5. The Hall–Kier alpha value is -1.10. The van der Waals surface area contributed by atoms with Gasteiger partial charge in [0.25, 0.3) is 0 Å². The first-order valence-corrected chi connectivity index (χ1v) is 2.82. The first-order chi connectivity index (χ1) is 4.72. The lowest BCUT2D eigenvalue weighted by Crippen LogP contribution is -2.41. The van der Waals surface area contributed by atoms with Gasteiger partial charge in [0.1, 0.15) is 6.04 Å². The summed E-state index contributed by atoms with van der Waals surface area (Å²) in [5.74, 6) is -0.638. The molecule has 1 atom stereocenters. The highest BCUT2D eigenvalue weighted by molar-refractivity contribution is 5.81. The summed E-state index contributed by atoms with van der Waals surface area (Å²) in [7, 11) is 0. The van der Waals surface area contributed by atoms with Crippen LogP contribution in [0.2, 0.25) is 0 Å². The van der Waals surface area contributed by atoms with E-state index in [0.29, 0.717) is 6.41 Å². The van der Waals surface area contributed by atoms with Crippen LogP contribution in [0.5, 0.6) is 0 Å². The van der Waals surface area contributed by atoms with E-state index in [1.807, 2.05) is 0 Å². The number of carbonyl (C=O) groups excluding carboxylic acids is 2. The quantitative estimate of drug-likeness (QED) is 0.390. The van der Waals surface area contributed by atoms with Crippen molar-refractivity contribution < 1.29 is 14.7 Å². The van der Waals surface area contributed by atoms with E-state index in [9.17, 15) is 9.59 Å². The summed E-state index contributed by atoms with van der Waals surface area (Å²) in [6.45, 7) is -0.172. The van der Waals surface area contributed by atoms with E-state index in [-0.39, 0.29) is 13.0 Å². The molecular weight excluding hydrogens is 136 g/mol. The van der Waals surface area contributed by atoms with Crippen LogP contribution < -0.4 is 11.1 Å². The Morgan fingerprint density at radius 3 is 2.70 bits per heavy atom. The third kappa shape index (κ3) is 3.03. The molecule has 0 spiro atoms. The lowest BCUT2D eigenvalue weighted by molar-refractivity contribution is -0.123. The zero-order chi connectivity index (χ0) is 7.98. The lowest BCUT2D eigenvalue weighted by Gasteiger charge is -2.08. The zero-order valence-corrected chi connectivity index (χ0v) is 5.41. The Kier molecular flexibility index (Phi) is 4.23.